The zero-order chi connectivity index (χ0) is 20.7. The van der Waals surface area contributed by atoms with Crippen LogP contribution in [-0.2, 0) is 24.1 Å². The van der Waals surface area contributed by atoms with Crippen LogP contribution in [0.4, 0.5) is 13.2 Å². The van der Waals surface area contributed by atoms with Gasteiger partial charge >= 0.3 is 15.6 Å². The van der Waals surface area contributed by atoms with E-state index in [2.05, 4.69) is 4.18 Å². The number of alkyl halides is 3. The molecule has 0 N–H and O–H groups in total. The largest absolute Gasteiger partial charge is 0.523 e. The fourth-order valence-electron chi connectivity index (χ4n) is 3.35. The zero-order valence-corrected chi connectivity index (χ0v) is 16.9. The quantitative estimate of drug-likeness (QED) is 0.537. The number of hydrogen-bond acceptors (Lipinski definition) is 5. The van der Waals surface area contributed by atoms with Crippen molar-refractivity contribution in [3.63, 3.8) is 0 Å². The molecule has 1 aliphatic carbocycles. The topological polar surface area (TPSA) is 77.5 Å². The molecule has 0 aromatic heterocycles. The molecule has 1 aromatic rings. The first kappa shape index (κ1) is 22.2. The molecule has 0 aliphatic heterocycles. The van der Waals surface area contributed by atoms with E-state index in [-0.39, 0.29) is 29.1 Å². The summed E-state index contributed by atoms with van der Waals surface area (Å²) in [6, 6.07) is 7.27. The summed E-state index contributed by atoms with van der Waals surface area (Å²) in [5.41, 5.74) is -5.94. The Labute approximate surface area is 158 Å². The van der Waals surface area contributed by atoms with E-state index in [1.807, 2.05) is 20.8 Å². The minimum Gasteiger partial charge on any atom is -0.258 e. The lowest BCUT2D eigenvalue weighted by Crippen LogP contribution is -2.46. The summed E-state index contributed by atoms with van der Waals surface area (Å²) in [6.45, 7) is 5.62. The van der Waals surface area contributed by atoms with Crippen LogP contribution in [0, 0.1) is 11.3 Å². The van der Waals surface area contributed by atoms with Gasteiger partial charge in [-0.3, -0.25) is 4.18 Å². The van der Waals surface area contributed by atoms with Crippen molar-refractivity contribution in [3.05, 3.63) is 30.3 Å². The highest BCUT2D eigenvalue weighted by Crippen LogP contribution is 2.43. The predicted molar refractivity (Wildman–Crippen MR) is 94.1 cm³/mol. The standard InChI is InChI=1S/C17H23F3O5S2/c1-16(2,3)12-9-10-15(26(21,22)13-7-5-4-6-8-13)14(11-12)25-27(23,24)17(18,19)20/h4-8,12,14-15H,9-11H2,1-3H3/t12-,14+,15+/m1/s1. The predicted octanol–water partition coefficient (Wildman–Crippen LogP) is 3.91. The maximum Gasteiger partial charge on any atom is 0.523 e. The van der Waals surface area contributed by atoms with Gasteiger partial charge in [0.15, 0.2) is 9.84 Å². The lowest BCUT2D eigenvalue weighted by Gasteiger charge is -2.40. The van der Waals surface area contributed by atoms with Gasteiger partial charge in [0, 0.05) is 0 Å². The fraction of sp³-hybridized carbons (Fsp3) is 0.647. The second-order valence-corrected chi connectivity index (χ2v) is 11.5. The summed E-state index contributed by atoms with van der Waals surface area (Å²) in [7, 11) is -9.96. The van der Waals surface area contributed by atoms with Crippen molar-refractivity contribution in [3.8, 4) is 0 Å². The van der Waals surface area contributed by atoms with Gasteiger partial charge in [-0.2, -0.15) is 21.6 Å². The molecule has 1 fully saturated rings. The molecule has 5 nitrogen and oxygen atoms in total. The number of rotatable bonds is 4. The summed E-state index contributed by atoms with van der Waals surface area (Å²) in [6.07, 6.45) is -1.21. The molecule has 2 rings (SSSR count). The average Bonchev–Trinajstić information content (AvgIpc) is 2.53. The van der Waals surface area contributed by atoms with Crippen LogP contribution in [-0.4, -0.2) is 33.7 Å². The molecule has 1 saturated carbocycles. The first-order chi connectivity index (χ1) is 12.2. The number of halogens is 3. The van der Waals surface area contributed by atoms with E-state index in [1.165, 1.54) is 24.3 Å². The van der Waals surface area contributed by atoms with Gasteiger partial charge < -0.3 is 0 Å². The van der Waals surface area contributed by atoms with E-state index in [0.29, 0.717) is 6.42 Å². The van der Waals surface area contributed by atoms with Crippen LogP contribution >= 0.6 is 0 Å². The van der Waals surface area contributed by atoms with E-state index >= 15 is 0 Å². The van der Waals surface area contributed by atoms with Crippen LogP contribution in [0.15, 0.2) is 35.2 Å². The zero-order valence-electron chi connectivity index (χ0n) is 15.2. The molecule has 0 bridgehead atoms. The first-order valence-corrected chi connectivity index (χ1v) is 11.4. The summed E-state index contributed by atoms with van der Waals surface area (Å²) in [5.74, 6) is -0.173. The molecule has 3 atom stereocenters. The van der Waals surface area contributed by atoms with Crippen LogP contribution in [0.3, 0.4) is 0 Å². The summed E-state index contributed by atoms with van der Waals surface area (Å²) in [4.78, 5) is -0.0674. The molecular weight excluding hydrogens is 405 g/mol. The van der Waals surface area contributed by atoms with Crippen molar-refractivity contribution in [2.75, 3.05) is 0 Å². The Bertz CT molecular complexity index is 856. The van der Waals surface area contributed by atoms with Crippen LogP contribution in [0.25, 0.3) is 0 Å². The van der Waals surface area contributed by atoms with Gasteiger partial charge in [-0.25, -0.2) is 8.42 Å². The lowest BCUT2D eigenvalue weighted by molar-refractivity contribution is -0.0600. The van der Waals surface area contributed by atoms with Gasteiger partial charge in [-0.15, -0.1) is 0 Å². The Kier molecular flexibility index (Phi) is 6.04. The third kappa shape index (κ3) is 4.83. The molecule has 0 heterocycles. The Balaban J connectivity index is 2.43. The monoisotopic (exact) mass is 428 g/mol. The Morgan fingerprint density at radius 3 is 2.00 bits per heavy atom. The van der Waals surface area contributed by atoms with Crippen molar-refractivity contribution >= 4 is 20.0 Å². The van der Waals surface area contributed by atoms with Crippen molar-refractivity contribution < 1.29 is 34.2 Å². The number of sulfone groups is 1. The lowest BCUT2D eigenvalue weighted by atomic mass is 9.71. The van der Waals surface area contributed by atoms with Crippen molar-refractivity contribution in [2.45, 2.75) is 61.8 Å². The molecule has 1 aromatic carbocycles. The van der Waals surface area contributed by atoms with Gasteiger partial charge in [0.2, 0.25) is 0 Å². The van der Waals surface area contributed by atoms with Crippen LogP contribution in [0.1, 0.15) is 40.0 Å². The highest BCUT2D eigenvalue weighted by Gasteiger charge is 2.52. The average molecular weight is 428 g/mol. The van der Waals surface area contributed by atoms with Crippen molar-refractivity contribution in [1.82, 2.24) is 0 Å². The van der Waals surface area contributed by atoms with Gasteiger partial charge in [0.05, 0.1) is 16.2 Å². The maximum atomic E-state index is 12.9. The van der Waals surface area contributed by atoms with E-state index in [9.17, 15) is 30.0 Å². The molecule has 154 valence electrons. The van der Waals surface area contributed by atoms with Crippen LogP contribution in [0.2, 0.25) is 0 Å². The van der Waals surface area contributed by atoms with Crippen molar-refractivity contribution in [2.24, 2.45) is 11.3 Å². The van der Waals surface area contributed by atoms with Crippen LogP contribution in [0.5, 0.6) is 0 Å². The molecule has 27 heavy (non-hydrogen) atoms. The van der Waals surface area contributed by atoms with Gasteiger partial charge in [-0.05, 0) is 42.7 Å². The summed E-state index contributed by atoms with van der Waals surface area (Å²) in [5, 5.41) is -1.37. The first-order valence-electron chi connectivity index (χ1n) is 8.45. The second kappa shape index (κ2) is 7.36. The summed E-state index contributed by atoms with van der Waals surface area (Å²) < 4.78 is 91.8. The highest BCUT2D eigenvalue weighted by molar-refractivity contribution is 7.92. The molecule has 0 amide bonds. The Morgan fingerprint density at radius 2 is 1.52 bits per heavy atom. The molecular formula is C17H23F3O5S2. The smallest absolute Gasteiger partial charge is 0.258 e. The minimum absolute atomic E-state index is 0.0250. The SMILES string of the molecule is CC(C)(C)[C@@H]1CC[C@H](S(=O)(=O)c2ccccc2)[C@@H](OS(=O)(=O)C(F)(F)F)C1. The molecule has 0 radical (unpaired) electrons. The molecule has 0 saturated heterocycles. The highest BCUT2D eigenvalue weighted by atomic mass is 32.2. The minimum atomic E-state index is -5.91. The second-order valence-electron chi connectivity index (χ2n) is 7.81. The Morgan fingerprint density at radius 1 is 0.963 bits per heavy atom. The molecule has 0 spiro atoms. The third-order valence-electron chi connectivity index (χ3n) is 4.96. The summed E-state index contributed by atoms with van der Waals surface area (Å²) >= 11 is 0. The Hall–Kier alpha value is -1.13. The molecule has 0 unspecified atom stereocenters. The van der Waals surface area contributed by atoms with Gasteiger partial charge in [0.25, 0.3) is 0 Å². The number of benzene rings is 1. The van der Waals surface area contributed by atoms with Gasteiger partial charge in [0.1, 0.15) is 0 Å². The molecule has 10 heteroatoms. The van der Waals surface area contributed by atoms with Crippen molar-refractivity contribution in [1.29, 1.82) is 0 Å². The number of hydrogen-bond donors (Lipinski definition) is 0. The fourth-order valence-corrected chi connectivity index (χ4v) is 5.96. The molecule has 1 aliphatic rings. The van der Waals surface area contributed by atoms with E-state index < -0.39 is 36.8 Å². The van der Waals surface area contributed by atoms with E-state index in [0.717, 1.165) is 0 Å². The van der Waals surface area contributed by atoms with E-state index in [4.69, 9.17) is 0 Å². The van der Waals surface area contributed by atoms with Gasteiger partial charge in [-0.1, -0.05) is 39.0 Å². The normalized spacial score (nSPS) is 25.3. The third-order valence-corrected chi connectivity index (χ3v) is 8.29. The maximum absolute atomic E-state index is 12.9. The van der Waals surface area contributed by atoms with E-state index in [1.54, 1.807) is 6.07 Å². The van der Waals surface area contributed by atoms with Crippen LogP contribution < -0.4 is 0 Å².